The molecular formula is C13H19NO5S. The fourth-order valence-corrected chi connectivity index (χ4v) is 2.94. The Hall–Kier alpha value is -1.60. The molecule has 0 radical (unpaired) electrons. The van der Waals surface area contributed by atoms with Crippen LogP contribution >= 0.6 is 0 Å². The maximum Gasteiger partial charge on any atom is 0.324 e. The molecule has 0 fully saturated rings. The zero-order valence-corrected chi connectivity index (χ0v) is 12.5. The van der Waals surface area contributed by atoms with Gasteiger partial charge >= 0.3 is 5.97 Å². The van der Waals surface area contributed by atoms with Gasteiger partial charge in [0, 0.05) is 0 Å². The van der Waals surface area contributed by atoms with Crippen LogP contribution in [0.3, 0.4) is 0 Å². The predicted octanol–water partition coefficient (Wildman–Crippen LogP) is 1.62. The van der Waals surface area contributed by atoms with Gasteiger partial charge in [-0.3, -0.25) is 4.79 Å². The number of aliphatic carboxylic acids is 1. The van der Waals surface area contributed by atoms with Crippen molar-refractivity contribution in [1.82, 2.24) is 4.72 Å². The lowest BCUT2D eigenvalue weighted by atomic mass is 10.0. The van der Waals surface area contributed by atoms with Gasteiger partial charge in [0.05, 0.1) is 11.5 Å². The third kappa shape index (κ3) is 3.71. The number of rotatable bonds is 7. The average molecular weight is 301 g/mol. The lowest BCUT2D eigenvalue weighted by Crippen LogP contribution is -2.51. The molecule has 0 aliphatic carbocycles. The second-order valence-corrected chi connectivity index (χ2v) is 6.18. The molecule has 2 N–H and O–H groups in total. The van der Waals surface area contributed by atoms with Gasteiger partial charge in [-0.2, -0.15) is 4.72 Å². The third-order valence-electron chi connectivity index (χ3n) is 2.98. The van der Waals surface area contributed by atoms with Gasteiger partial charge in [0.2, 0.25) is 10.0 Å². The molecule has 20 heavy (non-hydrogen) atoms. The highest BCUT2D eigenvalue weighted by atomic mass is 32.2. The molecule has 0 bridgehead atoms. The highest BCUT2D eigenvalue weighted by molar-refractivity contribution is 7.89. The molecule has 1 aromatic rings. The Labute approximate surface area is 118 Å². The topological polar surface area (TPSA) is 92.7 Å². The summed E-state index contributed by atoms with van der Waals surface area (Å²) in [5.41, 5.74) is -1.53. The van der Waals surface area contributed by atoms with E-state index >= 15 is 0 Å². The summed E-state index contributed by atoms with van der Waals surface area (Å²) in [5.74, 6) is -0.655. The molecule has 0 amide bonds. The van der Waals surface area contributed by atoms with E-state index in [1.165, 1.54) is 31.2 Å². The van der Waals surface area contributed by atoms with Crippen LogP contribution in [-0.4, -0.2) is 31.6 Å². The fraction of sp³-hybridized carbons (Fsp3) is 0.462. The smallest absolute Gasteiger partial charge is 0.324 e. The molecule has 1 aromatic carbocycles. The third-order valence-corrected chi connectivity index (χ3v) is 4.60. The summed E-state index contributed by atoms with van der Waals surface area (Å²) in [6.07, 6.45) is 0.137. The zero-order valence-electron chi connectivity index (χ0n) is 11.7. The van der Waals surface area contributed by atoms with E-state index in [1.807, 2.05) is 6.92 Å². The monoisotopic (exact) mass is 301 g/mol. The number of carboxylic acid groups (broad SMARTS) is 1. The second kappa shape index (κ2) is 6.23. The summed E-state index contributed by atoms with van der Waals surface area (Å²) in [6.45, 7) is 5.25. The van der Waals surface area contributed by atoms with Crippen molar-refractivity contribution in [2.24, 2.45) is 0 Å². The first-order chi connectivity index (χ1) is 9.25. The number of carbonyl (C=O) groups is 1. The zero-order chi connectivity index (χ0) is 15.4. The quantitative estimate of drug-likeness (QED) is 0.798. The largest absolute Gasteiger partial charge is 0.494 e. The Kier molecular flexibility index (Phi) is 5.13. The first kappa shape index (κ1) is 16.5. The Bertz CT molecular complexity index is 567. The maximum atomic E-state index is 12.2. The summed E-state index contributed by atoms with van der Waals surface area (Å²) in [4.78, 5) is 11.2. The number of sulfonamides is 1. The SMILES string of the molecule is CCOc1ccc(S(=O)(=O)NC(C)(CC)C(=O)O)cc1. The maximum absolute atomic E-state index is 12.2. The molecule has 0 saturated heterocycles. The van der Waals surface area contributed by atoms with E-state index in [1.54, 1.807) is 6.92 Å². The van der Waals surface area contributed by atoms with E-state index in [9.17, 15) is 13.2 Å². The minimum atomic E-state index is -3.89. The van der Waals surface area contributed by atoms with Crippen molar-refractivity contribution in [3.63, 3.8) is 0 Å². The molecule has 7 heteroatoms. The molecule has 0 heterocycles. The van der Waals surface area contributed by atoms with Gasteiger partial charge < -0.3 is 9.84 Å². The van der Waals surface area contributed by atoms with E-state index in [4.69, 9.17) is 9.84 Å². The Morgan fingerprint density at radius 1 is 1.30 bits per heavy atom. The van der Waals surface area contributed by atoms with Crippen LogP contribution < -0.4 is 9.46 Å². The van der Waals surface area contributed by atoms with Gasteiger partial charge in [-0.05, 0) is 44.5 Å². The van der Waals surface area contributed by atoms with Crippen LogP contribution in [0.2, 0.25) is 0 Å². The summed E-state index contributed by atoms with van der Waals surface area (Å²) in [5, 5.41) is 9.11. The molecule has 0 aromatic heterocycles. The van der Waals surface area contributed by atoms with Crippen LogP contribution in [0.25, 0.3) is 0 Å². The van der Waals surface area contributed by atoms with E-state index in [2.05, 4.69) is 4.72 Å². The number of ether oxygens (including phenoxy) is 1. The van der Waals surface area contributed by atoms with Gasteiger partial charge in [-0.25, -0.2) is 8.42 Å². The molecule has 1 rings (SSSR count). The van der Waals surface area contributed by atoms with Crippen molar-refractivity contribution >= 4 is 16.0 Å². The van der Waals surface area contributed by atoms with E-state index in [-0.39, 0.29) is 11.3 Å². The summed E-state index contributed by atoms with van der Waals surface area (Å²) in [6, 6.07) is 5.82. The van der Waals surface area contributed by atoms with E-state index in [0.29, 0.717) is 12.4 Å². The molecule has 0 saturated carbocycles. The first-order valence-electron chi connectivity index (χ1n) is 6.25. The summed E-state index contributed by atoms with van der Waals surface area (Å²) >= 11 is 0. The number of hydrogen-bond acceptors (Lipinski definition) is 4. The van der Waals surface area contributed by atoms with Crippen LogP contribution in [0.5, 0.6) is 5.75 Å². The van der Waals surface area contributed by atoms with Gasteiger partial charge in [-0.1, -0.05) is 6.92 Å². The highest BCUT2D eigenvalue weighted by Crippen LogP contribution is 2.19. The Morgan fingerprint density at radius 2 is 1.85 bits per heavy atom. The molecule has 0 aliphatic rings. The molecule has 6 nitrogen and oxygen atoms in total. The van der Waals surface area contributed by atoms with Crippen molar-refractivity contribution in [2.45, 2.75) is 37.6 Å². The number of benzene rings is 1. The van der Waals surface area contributed by atoms with Gasteiger partial charge in [0.15, 0.2) is 0 Å². The molecule has 112 valence electrons. The first-order valence-corrected chi connectivity index (χ1v) is 7.73. The van der Waals surface area contributed by atoms with Gasteiger partial charge in [0.1, 0.15) is 11.3 Å². The van der Waals surface area contributed by atoms with Crippen molar-refractivity contribution in [3.8, 4) is 5.75 Å². The van der Waals surface area contributed by atoms with Crippen molar-refractivity contribution in [2.75, 3.05) is 6.61 Å². The Balaban J connectivity index is 3.02. The van der Waals surface area contributed by atoms with Crippen LogP contribution in [0.15, 0.2) is 29.2 Å². The average Bonchev–Trinajstić information content (AvgIpc) is 2.39. The number of carboxylic acids is 1. The van der Waals surface area contributed by atoms with Gasteiger partial charge in [-0.15, -0.1) is 0 Å². The van der Waals surface area contributed by atoms with E-state index < -0.39 is 21.5 Å². The van der Waals surface area contributed by atoms with Crippen LogP contribution in [0.4, 0.5) is 0 Å². The standard InChI is InChI=1S/C13H19NO5S/c1-4-13(3,12(15)16)14-20(17,18)11-8-6-10(7-9-11)19-5-2/h6-9,14H,4-5H2,1-3H3,(H,15,16). The normalized spacial score (nSPS) is 14.6. The molecule has 0 aliphatic heterocycles. The highest BCUT2D eigenvalue weighted by Gasteiger charge is 2.36. The van der Waals surface area contributed by atoms with Crippen molar-refractivity contribution in [3.05, 3.63) is 24.3 Å². The number of nitrogens with one attached hydrogen (secondary N) is 1. The fourth-order valence-electron chi connectivity index (χ4n) is 1.50. The minimum Gasteiger partial charge on any atom is -0.494 e. The van der Waals surface area contributed by atoms with Crippen LogP contribution in [0.1, 0.15) is 27.2 Å². The second-order valence-electron chi connectivity index (χ2n) is 4.50. The van der Waals surface area contributed by atoms with Crippen LogP contribution in [-0.2, 0) is 14.8 Å². The van der Waals surface area contributed by atoms with Crippen LogP contribution in [0, 0.1) is 0 Å². The summed E-state index contributed by atoms with van der Waals surface area (Å²) < 4.78 is 31.8. The van der Waals surface area contributed by atoms with Crippen molar-refractivity contribution in [1.29, 1.82) is 0 Å². The molecule has 1 unspecified atom stereocenters. The summed E-state index contributed by atoms with van der Waals surface area (Å²) in [7, 11) is -3.89. The van der Waals surface area contributed by atoms with Crippen molar-refractivity contribution < 1.29 is 23.1 Å². The van der Waals surface area contributed by atoms with Gasteiger partial charge in [0.25, 0.3) is 0 Å². The lowest BCUT2D eigenvalue weighted by Gasteiger charge is -2.24. The minimum absolute atomic E-state index is 0.00174. The Morgan fingerprint density at radius 3 is 2.25 bits per heavy atom. The molecule has 1 atom stereocenters. The number of hydrogen-bond donors (Lipinski definition) is 2. The molecular weight excluding hydrogens is 282 g/mol. The van der Waals surface area contributed by atoms with E-state index in [0.717, 1.165) is 0 Å². The molecule has 0 spiro atoms. The lowest BCUT2D eigenvalue weighted by molar-refractivity contribution is -0.143. The predicted molar refractivity (Wildman–Crippen MR) is 74.3 cm³/mol.